The number of halogens is 2. The Morgan fingerprint density at radius 3 is 2.45 bits per heavy atom. The molecule has 2 saturated carbocycles. The summed E-state index contributed by atoms with van der Waals surface area (Å²) in [6.07, 6.45) is 4.63. The number of rotatable bonds is 3. The predicted octanol–water partition coefficient (Wildman–Crippen LogP) is 4.15. The van der Waals surface area contributed by atoms with E-state index in [4.69, 9.17) is 23.2 Å². The van der Waals surface area contributed by atoms with E-state index in [0.717, 1.165) is 37.7 Å². The molecule has 3 rings (SSSR count). The lowest BCUT2D eigenvalue weighted by molar-refractivity contribution is -0.127. The maximum Gasteiger partial charge on any atom is 0.138 e. The normalized spacial score (nSPS) is 26.4. The molecular formula is C16H18Cl2O2. The fraction of sp³-hybridized carbons (Fsp3) is 0.562. The summed E-state index contributed by atoms with van der Waals surface area (Å²) in [5.41, 5.74) is 0.712. The van der Waals surface area contributed by atoms with Crippen LogP contribution in [0.4, 0.5) is 0 Å². The quantitative estimate of drug-likeness (QED) is 0.910. The maximum atomic E-state index is 11.9. The molecule has 108 valence electrons. The minimum absolute atomic E-state index is 0.204. The zero-order valence-corrected chi connectivity index (χ0v) is 12.8. The molecule has 0 unspecified atom stereocenters. The number of hydrogen-bond acceptors (Lipinski definition) is 2. The highest BCUT2D eigenvalue weighted by Gasteiger charge is 2.50. The first-order chi connectivity index (χ1) is 9.54. The van der Waals surface area contributed by atoms with E-state index in [9.17, 15) is 9.90 Å². The average molecular weight is 313 g/mol. The Labute approximate surface area is 129 Å². The first kappa shape index (κ1) is 14.4. The number of aliphatic hydroxyl groups excluding tert-OH is 1. The van der Waals surface area contributed by atoms with Crippen molar-refractivity contribution in [1.82, 2.24) is 0 Å². The SMILES string of the molecule is O=C1CCC[C@H]1[C@H](O)C1(c2ccc(Cl)c(Cl)c2)CCC1. The molecule has 0 bridgehead atoms. The summed E-state index contributed by atoms with van der Waals surface area (Å²) in [4.78, 5) is 11.9. The van der Waals surface area contributed by atoms with E-state index in [1.165, 1.54) is 0 Å². The second kappa shape index (κ2) is 5.32. The Balaban J connectivity index is 1.94. The number of aliphatic hydroxyl groups is 1. The van der Waals surface area contributed by atoms with Gasteiger partial charge < -0.3 is 5.11 Å². The van der Waals surface area contributed by atoms with Crippen LogP contribution >= 0.6 is 23.2 Å². The van der Waals surface area contributed by atoms with Gasteiger partial charge in [0, 0.05) is 17.8 Å². The van der Waals surface area contributed by atoms with Crippen molar-refractivity contribution >= 4 is 29.0 Å². The smallest absolute Gasteiger partial charge is 0.138 e. The van der Waals surface area contributed by atoms with Crippen LogP contribution in [0.15, 0.2) is 18.2 Å². The lowest BCUT2D eigenvalue weighted by Gasteiger charge is -2.48. The monoisotopic (exact) mass is 312 g/mol. The van der Waals surface area contributed by atoms with Gasteiger partial charge in [-0.15, -0.1) is 0 Å². The average Bonchev–Trinajstić information content (AvgIpc) is 2.78. The number of carbonyl (C=O) groups is 1. The van der Waals surface area contributed by atoms with Crippen LogP contribution in [0, 0.1) is 5.92 Å². The molecule has 20 heavy (non-hydrogen) atoms. The van der Waals surface area contributed by atoms with Gasteiger partial charge in [0.05, 0.1) is 16.1 Å². The first-order valence-corrected chi connectivity index (χ1v) is 7.96. The number of carbonyl (C=O) groups excluding carboxylic acids is 1. The molecule has 1 aromatic rings. The van der Waals surface area contributed by atoms with Gasteiger partial charge in [0.15, 0.2) is 0 Å². The van der Waals surface area contributed by atoms with Gasteiger partial charge in [-0.25, -0.2) is 0 Å². The number of hydrogen-bond donors (Lipinski definition) is 1. The summed E-state index contributed by atoms with van der Waals surface area (Å²) >= 11 is 12.1. The van der Waals surface area contributed by atoms with Crippen molar-refractivity contribution in [2.24, 2.45) is 5.92 Å². The standard InChI is InChI=1S/C16H18Cl2O2/c17-12-6-5-10(9-13(12)18)16(7-2-8-16)15(20)11-3-1-4-14(11)19/h5-6,9,11,15,20H,1-4,7-8H2/t11-,15+/m1/s1. The number of ketones is 1. The van der Waals surface area contributed by atoms with Crippen molar-refractivity contribution in [1.29, 1.82) is 0 Å². The van der Waals surface area contributed by atoms with Crippen LogP contribution in [-0.4, -0.2) is 17.0 Å². The Hall–Kier alpha value is -0.570. The molecule has 0 amide bonds. The van der Waals surface area contributed by atoms with Crippen LogP contribution in [0.1, 0.15) is 44.1 Å². The highest BCUT2D eigenvalue weighted by Crippen LogP contribution is 2.50. The van der Waals surface area contributed by atoms with Crippen molar-refractivity contribution in [2.75, 3.05) is 0 Å². The van der Waals surface area contributed by atoms with Crippen LogP contribution in [0.25, 0.3) is 0 Å². The molecule has 0 aliphatic heterocycles. The van der Waals surface area contributed by atoms with Crippen LogP contribution in [0.5, 0.6) is 0 Å². The molecule has 0 saturated heterocycles. The molecule has 1 N–H and O–H groups in total. The van der Waals surface area contributed by atoms with E-state index in [0.29, 0.717) is 16.5 Å². The molecule has 0 radical (unpaired) electrons. The molecule has 0 heterocycles. The van der Waals surface area contributed by atoms with E-state index in [1.54, 1.807) is 6.07 Å². The Morgan fingerprint density at radius 1 is 1.20 bits per heavy atom. The van der Waals surface area contributed by atoms with E-state index < -0.39 is 6.10 Å². The Morgan fingerprint density at radius 2 is 1.95 bits per heavy atom. The molecule has 2 nitrogen and oxygen atoms in total. The van der Waals surface area contributed by atoms with Crippen LogP contribution in [0.3, 0.4) is 0 Å². The van der Waals surface area contributed by atoms with Gasteiger partial charge in [-0.05, 0) is 43.4 Å². The minimum atomic E-state index is -0.594. The first-order valence-electron chi connectivity index (χ1n) is 7.21. The van der Waals surface area contributed by atoms with Gasteiger partial charge >= 0.3 is 0 Å². The Kier molecular flexibility index (Phi) is 3.83. The highest BCUT2D eigenvalue weighted by molar-refractivity contribution is 6.42. The van der Waals surface area contributed by atoms with Crippen molar-refractivity contribution < 1.29 is 9.90 Å². The third-order valence-electron chi connectivity index (χ3n) is 5.04. The van der Waals surface area contributed by atoms with Crippen molar-refractivity contribution in [3.63, 3.8) is 0 Å². The summed E-state index contributed by atoms with van der Waals surface area (Å²) in [5, 5.41) is 11.8. The predicted molar refractivity (Wildman–Crippen MR) is 80.3 cm³/mol. The zero-order chi connectivity index (χ0) is 14.3. The van der Waals surface area contributed by atoms with Crippen molar-refractivity contribution in [3.8, 4) is 0 Å². The second-order valence-corrected chi connectivity index (χ2v) is 6.86. The third kappa shape index (κ3) is 2.18. The molecule has 2 aliphatic rings. The molecule has 1 aromatic carbocycles. The van der Waals surface area contributed by atoms with Gasteiger partial charge in [-0.1, -0.05) is 35.7 Å². The molecule has 4 heteroatoms. The Bertz CT molecular complexity index is 537. The summed E-state index contributed by atoms with van der Waals surface area (Å²) in [5.74, 6) is 0.00795. The topological polar surface area (TPSA) is 37.3 Å². The van der Waals surface area contributed by atoms with Crippen LogP contribution in [0.2, 0.25) is 10.0 Å². The number of benzene rings is 1. The van der Waals surface area contributed by atoms with E-state index in [1.807, 2.05) is 12.1 Å². The molecule has 2 aliphatic carbocycles. The van der Waals surface area contributed by atoms with E-state index in [-0.39, 0.29) is 17.1 Å². The fourth-order valence-corrected chi connectivity index (χ4v) is 3.98. The lowest BCUT2D eigenvalue weighted by atomic mass is 9.58. The molecule has 0 aromatic heterocycles. The molecular weight excluding hydrogens is 295 g/mol. The van der Waals surface area contributed by atoms with E-state index in [2.05, 4.69) is 0 Å². The summed E-state index contributed by atoms with van der Waals surface area (Å²) < 4.78 is 0. The van der Waals surface area contributed by atoms with Gasteiger partial charge in [0.1, 0.15) is 5.78 Å². The van der Waals surface area contributed by atoms with Crippen molar-refractivity contribution in [3.05, 3.63) is 33.8 Å². The number of Topliss-reactive ketones (excluding diaryl/α,β-unsaturated/α-hetero) is 1. The fourth-order valence-electron chi connectivity index (χ4n) is 3.68. The molecule has 2 atom stereocenters. The zero-order valence-electron chi connectivity index (χ0n) is 11.2. The molecule has 0 spiro atoms. The second-order valence-electron chi connectivity index (χ2n) is 6.05. The minimum Gasteiger partial charge on any atom is -0.391 e. The summed E-state index contributed by atoms with van der Waals surface area (Å²) in [7, 11) is 0. The van der Waals surface area contributed by atoms with E-state index >= 15 is 0 Å². The third-order valence-corrected chi connectivity index (χ3v) is 5.78. The summed E-state index contributed by atoms with van der Waals surface area (Å²) in [6, 6.07) is 5.57. The van der Waals surface area contributed by atoms with Gasteiger partial charge in [-0.2, -0.15) is 0 Å². The highest BCUT2D eigenvalue weighted by atomic mass is 35.5. The van der Waals surface area contributed by atoms with Crippen LogP contribution in [-0.2, 0) is 10.2 Å². The largest absolute Gasteiger partial charge is 0.391 e. The maximum absolute atomic E-state index is 11.9. The molecule has 2 fully saturated rings. The van der Waals surface area contributed by atoms with Gasteiger partial charge in [0.2, 0.25) is 0 Å². The van der Waals surface area contributed by atoms with Gasteiger partial charge in [-0.3, -0.25) is 4.79 Å². The van der Waals surface area contributed by atoms with Gasteiger partial charge in [0.25, 0.3) is 0 Å². The van der Waals surface area contributed by atoms with Crippen molar-refractivity contribution in [2.45, 2.75) is 50.0 Å². The van der Waals surface area contributed by atoms with Crippen LogP contribution < -0.4 is 0 Å². The lowest BCUT2D eigenvalue weighted by Crippen LogP contribution is -2.50. The summed E-state index contributed by atoms with van der Waals surface area (Å²) in [6.45, 7) is 0.